The van der Waals surface area contributed by atoms with Gasteiger partial charge in [-0.1, -0.05) is 41.6 Å². The number of nitrogens with zero attached hydrogens (tertiary/aromatic N) is 6. The second-order valence-corrected chi connectivity index (χ2v) is 13.6. The zero-order chi connectivity index (χ0) is 30.7. The lowest BCUT2D eigenvalue weighted by molar-refractivity contribution is -0.0530. The molecule has 2 unspecified atom stereocenters. The van der Waals surface area contributed by atoms with Gasteiger partial charge in [0.05, 0.1) is 12.8 Å². The van der Waals surface area contributed by atoms with Crippen molar-refractivity contribution in [3.05, 3.63) is 64.3 Å². The van der Waals surface area contributed by atoms with Crippen LogP contribution in [0.25, 0.3) is 11.3 Å². The smallest absolute Gasteiger partial charge is 0.340 e. The average molecular weight is 630 g/mol. The molecule has 1 fully saturated rings. The maximum Gasteiger partial charge on any atom is 0.340 e. The molecule has 42 heavy (non-hydrogen) atoms. The molecule has 3 aromatic rings. The van der Waals surface area contributed by atoms with E-state index < -0.39 is 57.9 Å². The van der Waals surface area contributed by atoms with Crippen molar-refractivity contribution in [1.29, 1.82) is 0 Å². The highest BCUT2D eigenvalue weighted by Crippen LogP contribution is 2.55. The Morgan fingerprint density at radius 1 is 1.10 bits per heavy atom. The van der Waals surface area contributed by atoms with Gasteiger partial charge < -0.3 is 39.0 Å². The first-order valence-electron chi connectivity index (χ1n) is 12.7. The molecule has 1 aliphatic rings. The number of hydrogen-bond donors (Lipinski definition) is 5. The van der Waals surface area contributed by atoms with Crippen LogP contribution in [-0.4, -0.2) is 79.8 Å². The fourth-order valence-corrected chi connectivity index (χ4v) is 6.72. The van der Waals surface area contributed by atoms with Crippen LogP contribution in [-0.2, 0) is 43.4 Å². The van der Waals surface area contributed by atoms with E-state index in [0.29, 0.717) is 0 Å². The van der Waals surface area contributed by atoms with E-state index in [-0.39, 0.29) is 12.1 Å². The van der Waals surface area contributed by atoms with E-state index in [0.717, 1.165) is 38.9 Å². The Morgan fingerprint density at radius 2 is 1.81 bits per heavy atom. The fraction of sp³-hybridized carbons (Fsp3) is 0.478. The number of aryl methyl sites for hydroxylation is 1. The third-order valence-electron chi connectivity index (χ3n) is 6.28. The molecular formula is C23H32N6O11P2. The minimum absolute atomic E-state index is 0.112. The Labute approximate surface area is 238 Å². The van der Waals surface area contributed by atoms with E-state index in [9.17, 15) is 29.0 Å². The van der Waals surface area contributed by atoms with Gasteiger partial charge >= 0.3 is 20.9 Å². The zero-order valence-electron chi connectivity index (χ0n) is 22.6. The van der Waals surface area contributed by atoms with Crippen LogP contribution in [0.15, 0.2) is 52.7 Å². The van der Waals surface area contributed by atoms with Crippen LogP contribution in [0.2, 0.25) is 0 Å². The molecule has 5 atom stereocenters. The first kappa shape index (κ1) is 31.9. The molecule has 0 saturated carbocycles. The lowest BCUT2D eigenvalue weighted by atomic mass is 10.1. The van der Waals surface area contributed by atoms with E-state index in [2.05, 4.69) is 26.9 Å². The van der Waals surface area contributed by atoms with Gasteiger partial charge in [0, 0.05) is 31.4 Å². The summed E-state index contributed by atoms with van der Waals surface area (Å²) in [5.41, 5.74) is 1.93. The molecule has 1 aromatic carbocycles. The van der Waals surface area contributed by atoms with Crippen molar-refractivity contribution in [3.8, 4) is 11.3 Å². The fourth-order valence-electron chi connectivity index (χ4n) is 4.15. The zero-order valence-corrected chi connectivity index (χ0v) is 24.4. The number of hydrogen-bond acceptors (Lipinski definition) is 11. The predicted molar refractivity (Wildman–Crippen MR) is 144 cm³/mol. The number of aliphatic hydroxyl groups excluding tert-OH is 2. The maximum atomic E-state index is 13.0. The van der Waals surface area contributed by atoms with Gasteiger partial charge in [-0.05, 0) is 12.0 Å². The minimum atomic E-state index is -4.86. The third kappa shape index (κ3) is 7.89. The van der Waals surface area contributed by atoms with Gasteiger partial charge in [0.25, 0.3) is 0 Å². The standard InChI is InChI=1S/C23H32N6O11P2/c1-3-9-28-11-17(24-26-28)16-6-4-15(5-7-16)12-38-25-19-8-10-29(23(32)27(19)2)22-21(31)20(30)18(40-22)13-39-42(36,37)14-41(33,34)35/h4-8,10-11,18,20-22,30-31H,3,9,12-14H2,1-2H3,(H,36,37)(H2,33,34,35)/b25-19-/t18-,20+,21?,22-/m1/s1. The first-order valence-corrected chi connectivity index (χ1v) is 16.3. The van der Waals surface area contributed by atoms with Gasteiger partial charge in [-0.3, -0.25) is 22.9 Å². The molecule has 19 heteroatoms. The highest BCUT2D eigenvalue weighted by Gasteiger charge is 2.45. The van der Waals surface area contributed by atoms with Crippen LogP contribution in [0.1, 0.15) is 25.1 Å². The monoisotopic (exact) mass is 630 g/mol. The summed E-state index contributed by atoms with van der Waals surface area (Å²) in [6, 6.07) is 8.90. The summed E-state index contributed by atoms with van der Waals surface area (Å²) in [5.74, 6) is -1.43. The molecule has 230 valence electrons. The Bertz CT molecular complexity index is 1600. The van der Waals surface area contributed by atoms with Gasteiger partial charge in [-0.2, -0.15) is 0 Å². The van der Waals surface area contributed by atoms with Gasteiger partial charge in [0.2, 0.25) is 0 Å². The summed E-state index contributed by atoms with van der Waals surface area (Å²) < 4.78 is 37.0. The van der Waals surface area contributed by atoms with Crippen molar-refractivity contribution in [2.24, 2.45) is 12.2 Å². The highest BCUT2D eigenvalue weighted by molar-refractivity contribution is 7.70. The Hall–Kier alpha value is -2.98. The van der Waals surface area contributed by atoms with Gasteiger partial charge in [-0.25, -0.2) is 4.79 Å². The van der Waals surface area contributed by atoms with E-state index in [1.54, 1.807) is 4.68 Å². The normalized spacial score (nSPS) is 22.8. The molecule has 17 nitrogen and oxygen atoms in total. The summed E-state index contributed by atoms with van der Waals surface area (Å²) in [6.45, 7) is 2.18. The van der Waals surface area contributed by atoms with E-state index >= 15 is 0 Å². The topological polar surface area (TPSA) is 233 Å². The summed E-state index contributed by atoms with van der Waals surface area (Å²) >= 11 is 0. The molecule has 4 rings (SSSR count). The molecule has 1 saturated heterocycles. The van der Waals surface area contributed by atoms with E-state index in [1.807, 2.05) is 30.5 Å². The number of ether oxygens (including phenoxy) is 1. The Kier molecular flexibility index (Phi) is 9.98. The van der Waals surface area contributed by atoms with Gasteiger partial charge in [-0.15, -0.1) is 5.10 Å². The average Bonchev–Trinajstić information content (AvgIpc) is 3.49. The van der Waals surface area contributed by atoms with Crippen LogP contribution in [0.4, 0.5) is 0 Å². The number of aliphatic hydroxyl groups is 2. The minimum Gasteiger partial charge on any atom is -0.389 e. The van der Waals surface area contributed by atoms with Crippen LogP contribution in [0.3, 0.4) is 0 Å². The second kappa shape index (κ2) is 13.1. The molecule has 0 spiro atoms. The maximum absolute atomic E-state index is 13.0. The number of benzene rings is 1. The third-order valence-corrected chi connectivity index (χ3v) is 9.74. The molecule has 0 radical (unpaired) electrons. The van der Waals surface area contributed by atoms with Crippen molar-refractivity contribution in [2.45, 2.75) is 51.0 Å². The van der Waals surface area contributed by atoms with Gasteiger partial charge in [0.1, 0.15) is 30.6 Å². The summed E-state index contributed by atoms with van der Waals surface area (Å²) in [4.78, 5) is 45.8. The SMILES string of the molecule is CCCn1cc(-c2ccc(CO/N=c3/ccn([C@@H]4O[C@H](COP(=O)(O)CP(=O)(O)O)[C@H](O)C4O)c(=O)n3C)cc2)nn1. The van der Waals surface area contributed by atoms with Crippen LogP contribution in [0.5, 0.6) is 0 Å². The summed E-state index contributed by atoms with van der Waals surface area (Å²) in [7, 11) is -8.17. The molecule has 0 aliphatic carbocycles. The van der Waals surface area contributed by atoms with Crippen LogP contribution in [0, 0.1) is 0 Å². The Morgan fingerprint density at radius 3 is 2.48 bits per heavy atom. The molecule has 1 aliphatic heterocycles. The summed E-state index contributed by atoms with van der Waals surface area (Å²) in [5, 5.41) is 33.0. The summed E-state index contributed by atoms with van der Waals surface area (Å²) in [6.07, 6.45) is -1.95. The van der Waals surface area contributed by atoms with Gasteiger partial charge in [0.15, 0.2) is 17.6 Å². The predicted octanol–water partition coefficient (Wildman–Crippen LogP) is -0.156. The number of aromatic nitrogens is 5. The van der Waals surface area contributed by atoms with E-state index in [4.69, 9.17) is 19.4 Å². The second-order valence-electron chi connectivity index (χ2n) is 9.64. The largest absolute Gasteiger partial charge is 0.389 e. The van der Waals surface area contributed by atoms with Crippen molar-refractivity contribution < 1.29 is 48.1 Å². The van der Waals surface area contributed by atoms with E-state index in [1.165, 1.54) is 19.3 Å². The molecular weight excluding hydrogens is 598 g/mol. The van der Waals surface area contributed by atoms with Crippen LogP contribution >= 0.6 is 15.2 Å². The van der Waals surface area contributed by atoms with Crippen LogP contribution < -0.4 is 11.2 Å². The lowest BCUT2D eigenvalue weighted by Gasteiger charge is -2.19. The molecule has 3 heterocycles. The quantitative estimate of drug-likeness (QED) is 0.130. The lowest BCUT2D eigenvalue weighted by Crippen LogP contribution is -2.42. The molecule has 5 N–H and O–H groups in total. The number of rotatable bonds is 12. The van der Waals surface area contributed by atoms with Crippen molar-refractivity contribution in [1.82, 2.24) is 24.1 Å². The molecule has 0 amide bonds. The first-order chi connectivity index (χ1) is 19.8. The Balaban J connectivity index is 1.39. The molecule has 0 bridgehead atoms. The van der Waals surface area contributed by atoms with Crippen molar-refractivity contribution >= 4 is 15.2 Å². The van der Waals surface area contributed by atoms with Crippen molar-refractivity contribution in [3.63, 3.8) is 0 Å². The van der Waals surface area contributed by atoms with Crippen molar-refractivity contribution in [2.75, 3.05) is 12.5 Å². The molecule has 2 aromatic heterocycles. The highest BCUT2D eigenvalue weighted by atomic mass is 31.2.